The van der Waals surface area contributed by atoms with E-state index in [1.54, 1.807) is 12.1 Å². The molecule has 2 aliphatic rings. The molecule has 3 rings (SSSR count). The van der Waals surface area contributed by atoms with Gasteiger partial charge >= 0.3 is 0 Å². The molecule has 2 amide bonds. The molecule has 1 fully saturated rings. The zero-order chi connectivity index (χ0) is 17.3. The lowest BCUT2D eigenvalue weighted by atomic mass is 10.1. The van der Waals surface area contributed by atoms with E-state index in [4.69, 9.17) is 0 Å². The van der Waals surface area contributed by atoms with E-state index in [2.05, 4.69) is 33.0 Å². The van der Waals surface area contributed by atoms with E-state index in [-0.39, 0.29) is 41.9 Å². The number of carbonyl (C=O) groups is 2. The molecule has 0 radical (unpaired) electrons. The first-order chi connectivity index (χ1) is 11.3. The SMILES string of the molecule is O=C(Nc1ccc(I)cc1)C1=NN([C@@H]2CCS(=O)(=O)C2)C(=O)CC1. The van der Waals surface area contributed by atoms with E-state index in [0.29, 0.717) is 12.1 Å². The van der Waals surface area contributed by atoms with Crippen LogP contribution < -0.4 is 5.32 Å². The third-order valence-electron chi connectivity index (χ3n) is 3.98. The molecule has 0 saturated carbocycles. The molecule has 2 heterocycles. The van der Waals surface area contributed by atoms with Crippen LogP contribution in [0, 0.1) is 3.57 Å². The number of rotatable bonds is 3. The topological polar surface area (TPSA) is 95.9 Å². The van der Waals surface area contributed by atoms with Gasteiger partial charge in [0.25, 0.3) is 5.91 Å². The fourth-order valence-electron chi connectivity index (χ4n) is 2.72. The highest BCUT2D eigenvalue weighted by Crippen LogP contribution is 2.22. The van der Waals surface area contributed by atoms with Crippen molar-refractivity contribution in [2.24, 2.45) is 5.10 Å². The van der Waals surface area contributed by atoms with Gasteiger partial charge in [-0.25, -0.2) is 13.4 Å². The fourth-order valence-corrected chi connectivity index (χ4v) is 4.78. The Morgan fingerprint density at radius 3 is 2.58 bits per heavy atom. The monoisotopic (exact) mass is 461 g/mol. The van der Waals surface area contributed by atoms with E-state index in [0.717, 1.165) is 3.57 Å². The number of hydrogen-bond acceptors (Lipinski definition) is 5. The molecular formula is C15H16IN3O4S. The highest BCUT2D eigenvalue weighted by molar-refractivity contribution is 14.1. The second kappa shape index (κ2) is 6.79. The number of hydrazone groups is 1. The number of amides is 2. The van der Waals surface area contributed by atoms with Gasteiger partial charge in [-0.15, -0.1) is 0 Å². The molecule has 1 atom stereocenters. The van der Waals surface area contributed by atoms with Crippen molar-refractivity contribution >= 4 is 55.6 Å². The van der Waals surface area contributed by atoms with Crippen molar-refractivity contribution in [1.82, 2.24) is 5.01 Å². The van der Waals surface area contributed by atoms with Crippen LogP contribution in [0.5, 0.6) is 0 Å². The summed E-state index contributed by atoms with van der Waals surface area (Å²) in [7, 11) is -3.12. The van der Waals surface area contributed by atoms with Crippen molar-refractivity contribution in [2.45, 2.75) is 25.3 Å². The van der Waals surface area contributed by atoms with Crippen molar-refractivity contribution in [2.75, 3.05) is 16.8 Å². The summed E-state index contributed by atoms with van der Waals surface area (Å²) >= 11 is 2.17. The Labute approximate surface area is 153 Å². The highest BCUT2D eigenvalue weighted by atomic mass is 127. The first-order valence-electron chi connectivity index (χ1n) is 7.51. The van der Waals surface area contributed by atoms with E-state index < -0.39 is 15.9 Å². The van der Waals surface area contributed by atoms with Gasteiger partial charge in [0.1, 0.15) is 5.71 Å². The van der Waals surface area contributed by atoms with Crippen molar-refractivity contribution in [3.63, 3.8) is 0 Å². The molecule has 0 aliphatic carbocycles. The zero-order valence-electron chi connectivity index (χ0n) is 12.7. The predicted molar refractivity (Wildman–Crippen MR) is 98.4 cm³/mol. The second-order valence-corrected chi connectivity index (χ2v) is 9.28. The van der Waals surface area contributed by atoms with E-state index >= 15 is 0 Å². The molecule has 24 heavy (non-hydrogen) atoms. The normalized spacial score (nSPS) is 23.0. The molecule has 1 aromatic rings. The predicted octanol–water partition coefficient (Wildman–Crippen LogP) is 1.40. The van der Waals surface area contributed by atoms with Crippen molar-refractivity contribution in [3.8, 4) is 0 Å². The molecule has 0 aromatic heterocycles. The van der Waals surface area contributed by atoms with Gasteiger partial charge in [-0.05, 0) is 53.3 Å². The molecule has 1 N–H and O–H groups in total. The summed E-state index contributed by atoms with van der Waals surface area (Å²) in [5.41, 5.74) is 0.896. The van der Waals surface area contributed by atoms with Gasteiger partial charge in [0, 0.05) is 22.1 Å². The summed E-state index contributed by atoms with van der Waals surface area (Å²) in [6.07, 6.45) is 0.782. The van der Waals surface area contributed by atoms with Gasteiger partial charge in [-0.3, -0.25) is 9.59 Å². The Kier molecular flexibility index (Phi) is 4.90. The maximum atomic E-state index is 12.3. The van der Waals surface area contributed by atoms with Crippen LogP contribution in [0.15, 0.2) is 29.4 Å². The standard InChI is InChI=1S/C15H16IN3O4S/c16-10-1-3-11(4-2-10)17-15(21)13-5-6-14(20)19(18-13)12-7-8-24(22,23)9-12/h1-4,12H,5-9H2,(H,17,21)/t12-/m1/s1. The lowest BCUT2D eigenvalue weighted by molar-refractivity contribution is -0.133. The highest BCUT2D eigenvalue weighted by Gasteiger charge is 2.37. The molecule has 0 unspecified atom stereocenters. The average molecular weight is 461 g/mol. The number of nitrogens with one attached hydrogen (secondary N) is 1. The molecule has 1 saturated heterocycles. The van der Waals surface area contributed by atoms with E-state index in [1.807, 2.05) is 12.1 Å². The third-order valence-corrected chi connectivity index (χ3v) is 6.45. The van der Waals surface area contributed by atoms with Crippen LogP contribution in [-0.4, -0.2) is 48.5 Å². The first-order valence-corrected chi connectivity index (χ1v) is 10.4. The van der Waals surface area contributed by atoms with Crippen molar-refractivity contribution < 1.29 is 18.0 Å². The lowest BCUT2D eigenvalue weighted by Crippen LogP contribution is -2.42. The quantitative estimate of drug-likeness (QED) is 0.689. The minimum absolute atomic E-state index is 0.0567. The van der Waals surface area contributed by atoms with Crippen LogP contribution in [0.3, 0.4) is 0 Å². The van der Waals surface area contributed by atoms with Gasteiger partial charge in [0.2, 0.25) is 5.91 Å². The first kappa shape index (κ1) is 17.3. The summed E-state index contributed by atoms with van der Waals surface area (Å²) in [5, 5.41) is 8.09. The summed E-state index contributed by atoms with van der Waals surface area (Å²) in [6.45, 7) is 0. The molecular weight excluding hydrogens is 445 g/mol. The molecule has 128 valence electrons. The average Bonchev–Trinajstić information content (AvgIpc) is 2.90. The Hall–Kier alpha value is -1.49. The van der Waals surface area contributed by atoms with Gasteiger partial charge in [-0.2, -0.15) is 5.10 Å². The Bertz CT molecular complexity index is 805. The zero-order valence-corrected chi connectivity index (χ0v) is 15.7. The summed E-state index contributed by atoms with van der Waals surface area (Å²) < 4.78 is 24.3. The van der Waals surface area contributed by atoms with Crippen molar-refractivity contribution in [1.29, 1.82) is 0 Å². The second-order valence-electron chi connectivity index (χ2n) is 5.80. The Balaban J connectivity index is 1.75. The van der Waals surface area contributed by atoms with E-state index in [9.17, 15) is 18.0 Å². The third kappa shape index (κ3) is 3.94. The maximum absolute atomic E-state index is 12.3. The fraction of sp³-hybridized carbons (Fsp3) is 0.400. The number of benzene rings is 1. The maximum Gasteiger partial charge on any atom is 0.271 e. The number of carbonyl (C=O) groups excluding carboxylic acids is 2. The summed E-state index contributed by atoms with van der Waals surface area (Å²) in [5.74, 6) is -0.632. The van der Waals surface area contributed by atoms with Crippen LogP contribution in [0.25, 0.3) is 0 Å². The van der Waals surface area contributed by atoms with Gasteiger partial charge in [-0.1, -0.05) is 0 Å². The van der Waals surface area contributed by atoms with Crippen LogP contribution in [0.4, 0.5) is 5.69 Å². The number of hydrogen-bond donors (Lipinski definition) is 1. The summed E-state index contributed by atoms with van der Waals surface area (Å²) in [4.78, 5) is 24.4. The molecule has 0 bridgehead atoms. The van der Waals surface area contributed by atoms with Crippen LogP contribution >= 0.6 is 22.6 Å². The summed E-state index contributed by atoms with van der Waals surface area (Å²) in [6, 6.07) is 6.85. The Morgan fingerprint density at radius 1 is 1.25 bits per heavy atom. The number of anilines is 1. The molecule has 2 aliphatic heterocycles. The van der Waals surface area contributed by atoms with Gasteiger partial charge in [0.05, 0.1) is 17.5 Å². The number of sulfone groups is 1. The van der Waals surface area contributed by atoms with Crippen LogP contribution in [0.2, 0.25) is 0 Å². The molecule has 9 heteroatoms. The molecule has 0 spiro atoms. The number of halogens is 1. The molecule has 7 nitrogen and oxygen atoms in total. The lowest BCUT2D eigenvalue weighted by Gasteiger charge is -2.27. The smallest absolute Gasteiger partial charge is 0.271 e. The van der Waals surface area contributed by atoms with Gasteiger partial charge in [0.15, 0.2) is 9.84 Å². The van der Waals surface area contributed by atoms with Crippen LogP contribution in [-0.2, 0) is 19.4 Å². The van der Waals surface area contributed by atoms with E-state index in [1.165, 1.54) is 5.01 Å². The van der Waals surface area contributed by atoms with Crippen LogP contribution in [0.1, 0.15) is 19.3 Å². The van der Waals surface area contributed by atoms with Crippen molar-refractivity contribution in [3.05, 3.63) is 27.8 Å². The Morgan fingerprint density at radius 2 is 1.96 bits per heavy atom. The number of nitrogens with zero attached hydrogens (tertiary/aromatic N) is 2. The minimum Gasteiger partial charge on any atom is -0.321 e. The molecule has 1 aromatic carbocycles. The minimum atomic E-state index is -3.12. The largest absolute Gasteiger partial charge is 0.321 e. The van der Waals surface area contributed by atoms with Gasteiger partial charge < -0.3 is 5.32 Å².